The van der Waals surface area contributed by atoms with E-state index in [1.807, 2.05) is 35.2 Å². The molecule has 2 aromatic carbocycles. The standard InChI is InChI=1S/C20H21NO3/c1-14-4-2-3-5-16(14)12-21(17-7-8-17)20(22)11-15-6-9-18-19(10-15)24-13-23-18/h2-6,9-10,17H,7-8,11-13H2,1H3. The van der Waals surface area contributed by atoms with Crippen molar-refractivity contribution in [2.24, 2.45) is 0 Å². The first-order valence-electron chi connectivity index (χ1n) is 8.43. The molecule has 1 heterocycles. The first kappa shape index (κ1) is 15.1. The number of carbonyl (C=O) groups is 1. The smallest absolute Gasteiger partial charge is 0.231 e. The van der Waals surface area contributed by atoms with Crippen molar-refractivity contribution >= 4 is 5.91 Å². The molecule has 0 aromatic heterocycles. The third-order valence-electron chi connectivity index (χ3n) is 4.70. The Kier molecular flexibility index (Phi) is 3.89. The fourth-order valence-electron chi connectivity index (χ4n) is 3.11. The molecular formula is C20H21NO3. The summed E-state index contributed by atoms with van der Waals surface area (Å²) in [5.74, 6) is 1.67. The van der Waals surface area contributed by atoms with Gasteiger partial charge in [0.1, 0.15) is 0 Å². The van der Waals surface area contributed by atoms with Crippen molar-refractivity contribution in [2.45, 2.75) is 38.8 Å². The lowest BCUT2D eigenvalue weighted by Gasteiger charge is -2.23. The van der Waals surface area contributed by atoms with E-state index in [1.54, 1.807) is 0 Å². The zero-order chi connectivity index (χ0) is 16.5. The molecule has 0 N–H and O–H groups in total. The summed E-state index contributed by atoms with van der Waals surface area (Å²) in [6, 6.07) is 14.4. The van der Waals surface area contributed by atoms with Crippen molar-refractivity contribution in [3.8, 4) is 11.5 Å². The molecule has 4 nitrogen and oxygen atoms in total. The molecule has 4 heteroatoms. The predicted molar refractivity (Wildman–Crippen MR) is 91.0 cm³/mol. The van der Waals surface area contributed by atoms with Gasteiger partial charge in [0.2, 0.25) is 12.7 Å². The summed E-state index contributed by atoms with van der Waals surface area (Å²) in [4.78, 5) is 14.9. The third kappa shape index (κ3) is 3.09. The van der Waals surface area contributed by atoms with Crippen LogP contribution in [0.3, 0.4) is 0 Å². The fraction of sp³-hybridized carbons (Fsp3) is 0.350. The zero-order valence-corrected chi connectivity index (χ0v) is 13.8. The van der Waals surface area contributed by atoms with Gasteiger partial charge in [-0.3, -0.25) is 4.79 Å². The SMILES string of the molecule is Cc1ccccc1CN(C(=O)Cc1ccc2c(c1)OCO2)C1CC1. The van der Waals surface area contributed by atoms with Crippen molar-refractivity contribution in [2.75, 3.05) is 6.79 Å². The molecule has 1 aliphatic heterocycles. The van der Waals surface area contributed by atoms with Gasteiger partial charge in [0, 0.05) is 12.6 Å². The molecule has 0 radical (unpaired) electrons. The van der Waals surface area contributed by atoms with Crippen molar-refractivity contribution < 1.29 is 14.3 Å². The topological polar surface area (TPSA) is 38.8 Å². The third-order valence-corrected chi connectivity index (χ3v) is 4.70. The average molecular weight is 323 g/mol. The van der Waals surface area contributed by atoms with Crippen LogP contribution in [-0.2, 0) is 17.8 Å². The van der Waals surface area contributed by atoms with Crippen LogP contribution in [0.5, 0.6) is 11.5 Å². The highest BCUT2D eigenvalue weighted by atomic mass is 16.7. The Morgan fingerprint density at radius 3 is 2.71 bits per heavy atom. The van der Waals surface area contributed by atoms with Gasteiger partial charge in [0.05, 0.1) is 6.42 Å². The highest BCUT2D eigenvalue weighted by Crippen LogP contribution is 2.33. The lowest BCUT2D eigenvalue weighted by molar-refractivity contribution is -0.131. The summed E-state index contributed by atoms with van der Waals surface area (Å²) in [5, 5.41) is 0. The van der Waals surface area contributed by atoms with Gasteiger partial charge in [0.15, 0.2) is 11.5 Å². The fourth-order valence-corrected chi connectivity index (χ4v) is 3.11. The number of fused-ring (bicyclic) bond motifs is 1. The van der Waals surface area contributed by atoms with Gasteiger partial charge in [-0.25, -0.2) is 0 Å². The van der Waals surface area contributed by atoms with Crippen LogP contribution in [0.4, 0.5) is 0 Å². The molecule has 2 aromatic rings. The van der Waals surface area contributed by atoms with Crippen LogP contribution >= 0.6 is 0 Å². The van der Waals surface area contributed by atoms with Gasteiger partial charge in [-0.15, -0.1) is 0 Å². The van der Waals surface area contributed by atoms with E-state index in [9.17, 15) is 4.79 Å². The second kappa shape index (κ2) is 6.19. The minimum atomic E-state index is 0.180. The van der Waals surface area contributed by atoms with Crippen LogP contribution in [0.25, 0.3) is 0 Å². The van der Waals surface area contributed by atoms with Crippen molar-refractivity contribution in [3.05, 3.63) is 59.2 Å². The molecule has 1 fully saturated rings. The van der Waals surface area contributed by atoms with Crippen LogP contribution in [0.1, 0.15) is 29.5 Å². The monoisotopic (exact) mass is 323 g/mol. The van der Waals surface area contributed by atoms with Crippen LogP contribution < -0.4 is 9.47 Å². The number of ether oxygens (including phenoxy) is 2. The van der Waals surface area contributed by atoms with E-state index in [0.29, 0.717) is 19.0 Å². The molecule has 1 amide bonds. The van der Waals surface area contributed by atoms with Crippen molar-refractivity contribution in [3.63, 3.8) is 0 Å². The molecule has 1 saturated carbocycles. The summed E-state index contributed by atoms with van der Waals surface area (Å²) >= 11 is 0. The van der Waals surface area contributed by atoms with Gasteiger partial charge in [-0.2, -0.15) is 0 Å². The van der Waals surface area contributed by atoms with E-state index in [4.69, 9.17) is 9.47 Å². The van der Waals surface area contributed by atoms with Gasteiger partial charge in [0.25, 0.3) is 0 Å². The van der Waals surface area contributed by atoms with Gasteiger partial charge >= 0.3 is 0 Å². The van der Waals surface area contributed by atoms with Gasteiger partial charge < -0.3 is 14.4 Å². The Hall–Kier alpha value is -2.49. The molecule has 124 valence electrons. The molecule has 1 aliphatic carbocycles. The summed E-state index contributed by atoms with van der Waals surface area (Å²) in [6.45, 7) is 3.05. The normalized spacial score (nSPS) is 15.4. The Morgan fingerprint density at radius 2 is 1.92 bits per heavy atom. The van der Waals surface area contributed by atoms with E-state index in [2.05, 4.69) is 19.1 Å². The van der Waals surface area contributed by atoms with E-state index < -0.39 is 0 Å². The highest BCUT2D eigenvalue weighted by Gasteiger charge is 2.32. The number of carbonyl (C=O) groups excluding carboxylic acids is 1. The number of benzene rings is 2. The van der Waals surface area contributed by atoms with Gasteiger partial charge in [-0.1, -0.05) is 30.3 Å². The first-order valence-corrected chi connectivity index (χ1v) is 8.43. The van der Waals surface area contributed by atoms with E-state index >= 15 is 0 Å². The number of amides is 1. The average Bonchev–Trinajstić information content (AvgIpc) is 3.31. The number of hydrogen-bond donors (Lipinski definition) is 0. The molecule has 0 atom stereocenters. The molecule has 4 rings (SSSR count). The number of nitrogens with zero attached hydrogens (tertiary/aromatic N) is 1. The number of rotatable bonds is 5. The Morgan fingerprint density at radius 1 is 1.12 bits per heavy atom. The maximum Gasteiger partial charge on any atom is 0.231 e. The first-order chi connectivity index (χ1) is 11.7. The lowest BCUT2D eigenvalue weighted by atomic mass is 10.1. The predicted octanol–water partition coefficient (Wildman–Crippen LogP) is 3.46. The quantitative estimate of drug-likeness (QED) is 0.846. The Bertz CT molecular complexity index is 767. The zero-order valence-electron chi connectivity index (χ0n) is 13.8. The minimum Gasteiger partial charge on any atom is -0.454 e. The van der Waals surface area contributed by atoms with E-state index in [1.165, 1.54) is 11.1 Å². The molecule has 0 saturated heterocycles. The van der Waals surface area contributed by atoms with Crippen LogP contribution in [0.2, 0.25) is 0 Å². The van der Waals surface area contributed by atoms with E-state index in [0.717, 1.165) is 29.9 Å². The second-order valence-corrected chi connectivity index (χ2v) is 6.54. The molecule has 0 unspecified atom stereocenters. The van der Waals surface area contributed by atoms with Crippen molar-refractivity contribution in [1.82, 2.24) is 4.90 Å². The second-order valence-electron chi connectivity index (χ2n) is 6.54. The van der Waals surface area contributed by atoms with Crippen molar-refractivity contribution in [1.29, 1.82) is 0 Å². The molecular weight excluding hydrogens is 302 g/mol. The largest absolute Gasteiger partial charge is 0.454 e. The molecule has 0 spiro atoms. The minimum absolute atomic E-state index is 0.180. The Balaban J connectivity index is 1.49. The van der Waals surface area contributed by atoms with Crippen LogP contribution in [0.15, 0.2) is 42.5 Å². The molecule has 24 heavy (non-hydrogen) atoms. The van der Waals surface area contributed by atoms with E-state index in [-0.39, 0.29) is 12.7 Å². The summed E-state index contributed by atoms with van der Waals surface area (Å²) in [7, 11) is 0. The Labute approximate surface area is 142 Å². The summed E-state index contributed by atoms with van der Waals surface area (Å²) in [6.07, 6.45) is 2.62. The number of aryl methyl sites for hydroxylation is 1. The maximum atomic E-state index is 12.9. The summed E-state index contributed by atoms with van der Waals surface area (Å²) in [5.41, 5.74) is 3.43. The van der Waals surface area contributed by atoms with Gasteiger partial charge in [-0.05, 0) is 48.6 Å². The summed E-state index contributed by atoms with van der Waals surface area (Å²) < 4.78 is 10.7. The number of hydrogen-bond acceptors (Lipinski definition) is 3. The molecule has 0 bridgehead atoms. The highest BCUT2D eigenvalue weighted by molar-refractivity contribution is 5.79. The maximum absolute atomic E-state index is 12.9. The van der Waals surface area contributed by atoms with Crippen LogP contribution in [-0.4, -0.2) is 23.6 Å². The van der Waals surface area contributed by atoms with Crippen LogP contribution in [0, 0.1) is 6.92 Å². The molecule has 2 aliphatic rings. The lowest BCUT2D eigenvalue weighted by Crippen LogP contribution is -2.34.